The molecule has 1 atom stereocenters. The van der Waals surface area contributed by atoms with Crippen LogP contribution in [0.15, 0.2) is 77.4 Å². The van der Waals surface area contributed by atoms with Crippen molar-refractivity contribution in [3.8, 4) is 17.0 Å². The molecule has 2 aromatic carbocycles. The van der Waals surface area contributed by atoms with E-state index < -0.39 is 0 Å². The molecule has 2 aromatic heterocycles. The summed E-state index contributed by atoms with van der Waals surface area (Å²) in [4.78, 5) is 22.8. The quantitative estimate of drug-likeness (QED) is 0.415. The van der Waals surface area contributed by atoms with Gasteiger partial charge in [0.2, 0.25) is 0 Å². The van der Waals surface area contributed by atoms with Crippen LogP contribution in [0.2, 0.25) is 0 Å². The van der Waals surface area contributed by atoms with E-state index in [2.05, 4.69) is 6.08 Å². The second-order valence-electron chi connectivity index (χ2n) is 7.31. The Morgan fingerprint density at radius 3 is 2.60 bits per heavy atom. The zero-order valence-corrected chi connectivity index (χ0v) is 16.7. The molecule has 0 N–H and O–H groups in total. The fourth-order valence-corrected chi connectivity index (χ4v) is 3.82. The van der Waals surface area contributed by atoms with Crippen LogP contribution in [0.4, 0.5) is 0 Å². The third kappa shape index (κ3) is 3.09. The standard InChI is InChI=1S/C25H20N2O3/c1-16(28)17-9-11-18(12-10-17)24-23-22(14-13-19-6-5-15-29-19)27(2)30-25(23)20-7-3-4-8-21(20)26-24/h3-15,22H,1-2H3/b14-13+. The maximum absolute atomic E-state index is 11.7. The van der Waals surface area contributed by atoms with Gasteiger partial charge < -0.3 is 9.25 Å². The van der Waals surface area contributed by atoms with E-state index in [1.165, 1.54) is 0 Å². The molecular weight excluding hydrogens is 376 g/mol. The fourth-order valence-electron chi connectivity index (χ4n) is 3.82. The SMILES string of the molecule is CC(=O)c1ccc(-c2nc3ccccc3c3c2C(/C=C/c2ccco2)N(C)O3)cc1. The molecule has 148 valence electrons. The monoisotopic (exact) mass is 396 g/mol. The largest absolute Gasteiger partial charge is 0.465 e. The predicted octanol–water partition coefficient (Wildman–Crippen LogP) is 5.69. The number of hydroxylamine groups is 2. The third-order valence-corrected chi connectivity index (χ3v) is 5.35. The molecule has 0 saturated carbocycles. The zero-order valence-electron chi connectivity index (χ0n) is 16.7. The molecule has 0 fully saturated rings. The van der Waals surface area contributed by atoms with Gasteiger partial charge in [0.1, 0.15) is 5.76 Å². The van der Waals surface area contributed by atoms with Crippen LogP contribution in [-0.4, -0.2) is 22.9 Å². The number of para-hydroxylation sites is 1. The number of ketones is 1. The zero-order chi connectivity index (χ0) is 20.7. The van der Waals surface area contributed by atoms with E-state index in [4.69, 9.17) is 14.2 Å². The predicted molar refractivity (Wildman–Crippen MR) is 116 cm³/mol. The Labute approximate surface area is 174 Å². The molecule has 3 heterocycles. The number of aromatic nitrogens is 1. The molecule has 5 nitrogen and oxygen atoms in total. The van der Waals surface area contributed by atoms with Crippen LogP contribution >= 0.6 is 0 Å². The Morgan fingerprint density at radius 2 is 1.87 bits per heavy atom. The number of fused-ring (bicyclic) bond motifs is 3. The molecule has 1 aliphatic rings. The lowest BCUT2D eigenvalue weighted by Crippen LogP contribution is -2.19. The summed E-state index contributed by atoms with van der Waals surface area (Å²) in [6.45, 7) is 1.57. The van der Waals surface area contributed by atoms with Crippen molar-refractivity contribution < 1.29 is 14.0 Å². The van der Waals surface area contributed by atoms with Crippen molar-refractivity contribution in [2.45, 2.75) is 13.0 Å². The maximum atomic E-state index is 11.7. The van der Waals surface area contributed by atoms with Crippen LogP contribution in [0.1, 0.15) is 34.6 Å². The fraction of sp³-hybridized carbons (Fsp3) is 0.120. The Kier molecular flexibility index (Phi) is 4.45. The van der Waals surface area contributed by atoms with Crippen molar-refractivity contribution in [1.82, 2.24) is 10.0 Å². The molecule has 30 heavy (non-hydrogen) atoms. The molecule has 0 spiro atoms. The first-order valence-corrected chi connectivity index (χ1v) is 9.78. The number of Topliss-reactive ketones (excluding diaryl/α,β-unsaturated/α-hetero) is 1. The number of pyridine rings is 1. The Bertz CT molecular complexity index is 1260. The van der Waals surface area contributed by atoms with Gasteiger partial charge in [-0.2, -0.15) is 0 Å². The second kappa shape index (κ2) is 7.28. The first-order valence-electron chi connectivity index (χ1n) is 9.78. The summed E-state index contributed by atoms with van der Waals surface area (Å²) in [7, 11) is 1.91. The molecule has 0 amide bonds. The van der Waals surface area contributed by atoms with Crippen molar-refractivity contribution in [1.29, 1.82) is 0 Å². The molecule has 1 unspecified atom stereocenters. The van der Waals surface area contributed by atoms with E-state index in [0.717, 1.165) is 39.2 Å². The van der Waals surface area contributed by atoms with Crippen molar-refractivity contribution in [2.24, 2.45) is 0 Å². The molecule has 4 aromatic rings. The number of benzene rings is 2. The number of carbonyl (C=O) groups excluding carboxylic acids is 1. The number of hydrogen-bond acceptors (Lipinski definition) is 5. The summed E-state index contributed by atoms with van der Waals surface area (Å²) in [5.41, 5.74) is 4.33. The summed E-state index contributed by atoms with van der Waals surface area (Å²) in [6, 6.07) is 19.2. The minimum Gasteiger partial charge on any atom is -0.465 e. The van der Waals surface area contributed by atoms with Crippen molar-refractivity contribution in [3.05, 3.63) is 89.9 Å². The molecule has 0 radical (unpaired) electrons. The number of rotatable bonds is 4. The van der Waals surface area contributed by atoms with Gasteiger partial charge in [-0.05, 0) is 37.3 Å². The van der Waals surface area contributed by atoms with E-state index in [1.54, 1.807) is 13.2 Å². The van der Waals surface area contributed by atoms with Crippen molar-refractivity contribution in [2.75, 3.05) is 7.05 Å². The molecule has 5 heteroatoms. The average Bonchev–Trinajstić information content (AvgIpc) is 3.39. The van der Waals surface area contributed by atoms with Crippen LogP contribution in [0.5, 0.6) is 5.75 Å². The maximum Gasteiger partial charge on any atom is 0.164 e. The summed E-state index contributed by atoms with van der Waals surface area (Å²) in [6.07, 6.45) is 5.64. The third-order valence-electron chi connectivity index (χ3n) is 5.35. The Hall–Kier alpha value is -3.70. The van der Waals surface area contributed by atoms with Gasteiger partial charge >= 0.3 is 0 Å². The van der Waals surface area contributed by atoms with Crippen molar-refractivity contribution in [3.63, 3.8) is 0 Å². The van der Waals surface area contributed by atoms with Crippen molar-refractivity contribution >= 4 is 22.8 Å². The molecule has 1 aliphatic heterocycles. The summed E-state index contributed by atoms with van der Waals surface area (Å²) in [5.74, 6) is 1.63. The highest BCUT2D eigenvalue weighted by Crippen LogP contribution is 2.46. The molecule has 0 aliphatic carbocycles. The van der Waals surface area contributed by atoms with Gasteiger partial charge in [0.05, 0.1) is 23.5 Å². The molecule has 0 bridgehead atoms. The van der Waals surface area contributed by atoms with E-state index in [9.17, 15) is 4.79 Å². The topological polar surface area (TPSA) is 55.6 Å². The van der Waals surface area contributed by atoms with Crippen LogP contribution in [0.25, 0.3) is 28.2 Å². The smallest absolute Gasteiger partial charge is 0.164 e. The summed E-state index contributed by atoms with van der Waals surface area (Å²) >= 11 is 0. The van der Waals surface area contributed by atoms with E-state index >= 15 is 0 Å². The Balaban J connectivity index is 1.70. The van der Waals surface area contributed by atoms with Crippen LogP contribution in [-0.2, 0) is 0 Å². The van der Waals surface area contributed by atoms with Gasteiger partial charge in [-0.25, -0.2) is 4.98 Å². The highest BCUT2D eigenvalue weighted by molar-refractivity contribution is 5.95. The average molecular weight is 396 g/mol. The number of carbonyl (C=O) groups is 1. The normalized spacial score (nSPS) is 16.1. The number of likely N-dealkylation sites (N-methyl/N-ethyl adjacent to an activating group) is 1. The first kappa shape index (κ1) is 18.3. The number of hydrogen-bond donors (Lipinski definition) is 0. The number of furan rings is 1. The van der Waals surface area contributed by atoms with Gasteiger partial charge in [-0.15, -0.1) is 5.06 Å². The lowest BCUT2D eigenvalue weighted by Gasteiger charge is -2.15. The highest BCUT2D eigenvalue weighted by atomic mass is 16.7. The van der Waals surface area contributed by atoms with E-state index in [-0.39, 0.29) is 11.8 Å². The summed E-state index contributed by atoms with van der Waals surface area (Å²) in [5, 5.41) is 2.79. The van der Waals surface area contributed by atoms with Crippen LogP contribution < -0.4 is 4.84 Å². The van der Waals surface area contributed by atoms with Gasteiger partial charge in [0.15, 0.2) is 11.5 Å². The van der Waals surface area contributed by atoms with Crippen LogP contribution in [0, 0.1) is 0 Å². The van der Waals surface area contributed by atoms with Crippen LogP contribution in [0.3, 0.4) is 0 Å². The van der Waals surface area contributed by atoms with Gasteiger partial charge in [0, 0.05) is 29.1 Å². The Morgan fingerprint density at radius 1 is 1.07 bits per heavy atom. The lowest BCUT2D eigenvalue weighted by atomic mass is 9.96. The van der Waals surface area contributed by atoms with Gasteiger partial charge in [-0.3, -0.25) is 4.79 Å². The number of nitrogens with zero attached hydrogens (tertiary/aromatic N) is 2. The summed E-state index contributed by atoms with van der Waals surface area (Å²) < 4.78 is 5.44. The highest BCUT2D eigenvalue weighted by Gasteiger charge is 2.34. The lowest BCUT2D eigenvalue weighted by molar-refractivity contribution is -0.0278. The molecular formula is C25H20N2O3. The van der Waals surface area contributed by atoms with Gasteiger partial charge in [0.25, 0.3) is 0 Å². The molecule has 5 rings (SSSR count). The first-order chi connectivity index (χ1) is 14.6. The van der Waals surface area contributed by atoms with E-state index in [1.807, 2.05) is 78.9 Å². The second-order valence-corrected chi connectivity index (χ2v) is 7.31. The minimum atomic E-state index is -0.135. The van der Waals surface area contributed by atoms with Gasteiger partial charge in [-0.1, -0.05) is 42.5 Å². The molecule has 0 saturated heterocycles. The van der Waals surface area contributed by atoms with E-state index in [0.29, 0.717) is 5.56 Å². The minimum absolute atomic E-state index is 0.0422.